The van der Waals surface area contributed by atoms with Gasteiger partial charge in [0.2, 0.25) is 0 Å². The number of halogens is 1. The largest absolute Gasteiger partial charge is 0.387 e. The summed E-state index contributed by atoms with van der Waals surface area (Å²) >= 11 is 6.80. The van der Waals surface area contributed by atoms with E-state index in [4.69, 9.17) is 0 Å². The van der Waals surface area contributed by atoms with E-state index in [1.54, 1.807) is 22.7 Å². The van der Waals surface area contributed by atoms with Crippen LogP contribution >= 0.6 is 38.6 Å². The number of aliphatic hydroxyl groups excluding tert-OH is 1. The Labute approximate surface area is 122 Å². The van der Waals surface area contributed by atoms with Crippen LogP contribution in [0.2, 0.25) is 0 Å². The van der Waals surface area contributed by atoms with E-state index in [1.165, 1.54) is 15.0 Å². The standard InChI is InChI=1S/C14H11BrOS2/c15-14-6-5-10(17-14)8-11(16)13-7-9-3-1-2-4-12(9)18-13/h1-7,11,16H,8H2. The van der Waals surface area contributed by atoms with Crippen molar-refractivity contribution < 1.29 is 5.11 Å². The first-order chi connectivity index (χ1) is 8.72. The maximum absolute atomic E-state index is 10.3. The Balaban J connectivity index is 1.85. The monoisotopic (exact) mass is 338 g/mol. The molecule has 1 N–H and O–H groups in total. The predicted octanol–water partition coefficient (Wildman–Crippen LogP) is 5.00. The van der Waals surface area contributed by atoms with Crippen LogP contribution in [0.15, 0.2) is 46.3 Å². The fraction of sp³-hybridized carbons (Fsp3) is 0.143. The SMILES string of the molecule is OC(Cc1ccc(Br)s1)c1cc2ccccc2s1. The van der Waals surface area contributed by atoms with Crippen molar-refractivity contribution in [2.75, 3.05) is 0 Å². The van der Waals surface area contributed by atoms with Crippen molar-refractivity contribution in [2.45, 2.75) is 12.5 Å². The van der Waals surface area contributed by atoms with Crippen molar-refractivity contribution in [3.05, 3.63) is 56.0 Å². The Kier molecular flexibility index (Phi) is 3.52. The van der Waals surface area contributed by atoms with Gasteiger partial charge in [-0.2, -0.15) is 0 Å². The van der Waals surface area contributed by atoms with E-state index in [0.29, 0.717) is 6.42 Å². The second-order valence-electron chi connectivity index (χ2n) is 4.11. The fourth-order valence-corrected chi connectivity index (χ4v) is 4.49. The molecule has 0 bridgehead atoms. The topological polar surface area (TPSA) is 20.2 Å². The van der Waals surface area contributed by atoms with Crippen LogP contribution in [0.1, 0.15) is 15.9 Å². The molecule has 2 heterocycles. The van der Waals surface area contributed by atoms with Crippen LogP contribution in [0, 0.1) is 0 Å². The Morgan fingerprint density at radius 1 is 1.11 bits per heavy atom. The van der Waals surface area contributed by atoms with E-state index in [2.05, 4.69) is 40.2 Å². The summed E-state index contributed by atoms with van der Waals surface area (Å²) in [6.45, 7) is 0. The van der Waals surface area contributed by atoms with Gasteiger partial charge in [0.05, 0.1) is 9.89 Å². The zero-order valence-electron chi connectivity index (χ0n) is 9.47. The molecule has 0 aliphatic rings. The summed E-state index contributed by atoms with van der Waals surface area (Å²) in [6, 6.07) is 14.4. The number of thiophene rings is 2. The minimum atomic E-state index is -0.409. The van der Waals surface area contributed by atoms with Gasteiger partial charge < -0.3 is 5.11 Å². The van der Waals surface area contributed by atoms with Gasteiger partial charge in [0.15, 0.2) is 0 Å². The van der Waals surface area contributed by atoms with Crippen molar-refractivity contribution in [1.82, 2.24) is 0 Å². The molecule has 3 aromatic rings. The highest BCUT2D eigenvalue weighted by atomic mass is 79.9. The van der Waals surface area contributed by atoms with Crippen LogP contribution in [-0.2, 0) is 6.42 Å². The van der Waals surface area contributed by atoms with E-state index in [-0.39, 0.29) is 0 Å². The number of aliphatic hydroxyl groups is 1. The third-order valence-electron chi connectivity index (χ3n) is 2.80. The van der Waals surface area contributed by atoms with Gasteiger partial charge in [0, 0.05) is 20.9 Å². The molecular weight excluding hydrogens is 328 g/mol. The van der Waals surface area contributed by atoms with Crippen molar-refractivity contribution in [1.29, 1.82) is 0 Å². The third-order valence-corrected chi connectivity index (χ3v) is 5.66. The van der Waals surface area contributed by atoms with Crippen molar-refractivity contribution in [2.24, 2.45) is 0 Å². The lowest BCUT2D eigenvalue weighted by Gasteiger charge is -2.05. The maximum Gasteiger partial charge on any atom is 0.0930 e. The number of fused-ring (bicyclic) bond motifs is 1. The zero-order chi connectivity index (χ0) is 12.5. The average Bonchev–Trinajstić information content (AvgIpc) is 2.95. The summed E-state index contributed by atoms with van der Waals surface area (Å²) in [6.07, 6.45) is 0.274. The first-order valence-corrected chi connectivity index (χ1v) is 8.06. The Bertz CT molecular complexity index is 638. The van der Waals surface area contributed by atoms with E-state index < -0.39 is 6.10 Å². The number of rotatable bonds is 3. The van der Waals surface area contributed by atoms with E-state index >= 15 is 0 Å². The van der Waals surface area contributed by atoms with Gasteiger partial charge in [0.1, 0.15) is 0 Å². The molecule has 0 spiro atoms. The lowest BCUT2D eigenvalue weighted by atomic mass is 10.1. The van der Waals surface area contributed by atoms with Crippen LogP contribution in [-0.4, -0.2) is 5.11 Å². The molecule has 2 aromatic heterocycles. The predicted molar refractivity (Wildman–Crippen MR) is 82.5 cm³/mol. The zero-order valence-corrected chi connectivity index (χ0v) is 12.7. The molecule has 0 amide bonds. The molecule has 1 unspecified atom stereocenters. The second-order valence-corrected chi connectivity index (χ2v) is 7.78. The number of hydrogen-bond acceptors (Lipinski definition) is 3. The number of hydrogen-bond donors (Lipinski definition) is 1. The Hall–Kier alpha value is -0.680. The van der Waals surface area contributed by atoms with Gasteiger partial charge in [-0.1, -0.05) is 18.2 Å². The molecule has 0 aliphatic carbocycles. The first-order valence-electron chi connectivity index (χ1n) is 5.63. The quantitative estimate of drug-likeness (QED) is 0.712. The van der Waals surface area contributed by atoms with Gasteiger partial charge in [-0.15, -0.1) is 22.7 Å². The van der Waals surface area contributed by atoms with Gasteiger partial charge in [-0.25, -0.2) is 0 Å². The van der Waals surface area contributed by atoms with Crippen molar-refractivity contribution >= 4 is 48.7 Å². The summed E-state index contributed by atoms with van der Waals surface area (Å²) in [4.78, 5) is 2.24. The van der Waals surface area contributed by atoms with Crippen LogP contribution < -0.4 is 0 Å². The molecule has 0 saturated carbocycles. The third kappa shape index (κ3) is 2.52. The van der Waals surface area contributed by atoms with Crippen LogP contribution in [0.4, 0.5) is 0 Å². The molecule has 0 fully saturated rings. The van der Waals surface area contributed by atoms with E-state index in [1.807, 2.05) is 18.2 Å². The number of benzene rings is 1. The summed E-state index contributed by atoms with van der Waals surface area (Å²) < 4.78 is 2.35. The Morgan fingerprint density at radius 2 is 1.94 bits per heavy atom. The second kappa shape index (κ2) is 5.13. The molecule has 1 aromatic carbocycles. The first kappa shape index (κ1) is 12.4. The highest BCUT2D eigenvalue weighted by molar-refractivity contribution is 9.11. The van der Waals surface area contributed by atoms with Gasteiger partial charge in [-0.05, 0) is 45.6 Å². The molecule has 1 nitrogen and oxygen atoms in total. The summed E-state index contributed by atoms with van der Waals surface area (Å²) in [5.74, 6) is 0. The fourth-order valence-electron chi connectivity index (χ4n) is 1.92. The summed E-state index contributed by atoms with van der Waals surface area (Å²) in [5, 5.41) is 11.5. The van der Waals surface area contributed by atoms with Crippen molar-refractivity contribution in [3.63, 3.8) is 0 Å². The smallest absolute Gasteiger partial charge is 0.0930 e. The highest BCUT2D eigenvalue weighted by Crippen LogP contribution is 2.33. The average molecular weight is 339 g/mol. The molecule has 3 rings (SSSR count). The summed E-state index contributed by atoms with van der Waals surface area (Å²) in [5.41, 5.74) is 0. The summed E-state index contributed by atoms with van der Waals surface area (Å²) in [7, 11) is 0. The van der Waals surface area contributed by atoms with Crippen LogP contribution in [0.5, 0.6) is 0 Å². The minimum Gasteiger partial charge on any atom is -0.387 e. The van der Waals surface area contributed by atoms with Crippen LogP contribution in [0.25, 0.3) is 10.1 Å². The lowest BCUT2D eigenvalue weighted by Crippen LogP contribution is -1.97. The van der Waals surface area contributed by atoms with Gasteiger partial charge in [0.25, 0.3) is 0 Å². The molecule has 0 saturated heterocycles. The lowest BCUT2D eigenvalue weighted by molar-refractivity contribution is 0.183. The van der Waals surface area contributed by atoms with Gasteiger partial charge >= 0.3 is 0 Å². The van der Waals surface area contributed by atoms with Crippen LogP contribution in [0.3, 0.4) is 0 Å². The van der Waals surface area contributed by atoms with Crippen molar-refractivity contribution in [3.8, 4) is 0 Å². The molecule has 18 heavy (non-hydrogen) atoms. The molecule has 92 valence electrons. The minimum absolute atomic E-state index is 0.409. The Morgan fingerprint density at radius 3 is 2.67 bits per heavy atom. The molecular formula is C14H11BrOS2. The highest BCUT2D eigenvalue weighted by Gasteiger charge is 2.13. The van der Waals surface area contributed by atoms with Gasteiger partial charge in [-0.3, -0.25) is 0 Å². The normalized spacial score (nSPS) is 13.0. The van der Waals surface area contributed by atoms with E-state index in [0.717, 1.165) is 8.66 Å². The van der Waals surface area contributed by atoms with E-state index in [9.17, 15) is 5.11 Å². The molecule has 0 radical (unpaired) electrons. The molecule has 0 aliphatic heterocycles. The molecule has 4 heteroatoms. The molecule has 1 atom stereocenters. The maximum atomic E-state index is 10.3.